The van der Waals surface area contributed by atoms with Crippen LogP contribution in [-0.4, -0.2) is 11.2 Å². The minimum Gasteiger partial charge on any atom is -0.389 e. The molecule has 0 fully saturated rings. The van der Waals surface area contributed by atoms with Gasteiger partial charge in [0.2, 0.25) is 0 Å². The zero-order valence-electron chi connectivity index (χ0n) is 10.3. The number of aliphatic hydroxyl groups excluding tert-OH is 1. The molecule has 1 unspecified atom stereocenters. The van der Waals surface area contributed by atoms with Crippen LogP contribution < -0.4 is 0 Å². The first kappa shape index (κ1) is 13.0. The van der Waals surface area contributed by atoms with Gasteiger partial charge in [0.1, 0.15) is 0 Å². The Bertz CT molecular complexity index is 302. The van der Waals surface area contributed by atoms with Crippen LogP contribution in [-0.2, 0) is 6.42 Å². The summed E-state index contributed by atoms with van der Waals surface area (Å²) in [5, 5.41) is 9.73. The predicted octanol–water partition coefficient (Wildman–Crippen LogP) is 3.58. The van der Waals surface area contributed by atoms with Gasteiger partial charge in [-0.15, -0.1) is 0 Å². The van der Waals surface area contributed by atoms with Crippen LogP contribution >= 0.6 is 0 Å². The van der Waals surface area contributed by atoms with E-state index >= 15 is 0 Å². The molecule has 0 heterocycles. The molecule has 0 spiro atoms. The van der Waals surface area contributed by atoms with Crippen molar-refractivity contribution in [2.24, 2.45) is 5.92 Å². The summed E-state index contributed by atoms with van der Waals surface area (Å²) < 4.78 is 0. The van der Waals surface area contributed by atoms with E-state index in [0.717, 1.165) is 19.3 Å². The van der Waals surface area contributed by atoms with E-state index in [9.17, 15) is 5.11 Å². The van der Waals surface area contributed by atoms with E-state index in [0.29, 0.717) is 5.92 Å². The molecular formula is C15H22O. The van der Waals surface area contributed by atoms with E-state index in [1.807, 2.05) is 25.1 Å². The highest BCUT2D eigenvalue weighted by atomic mass is 16.3. The molecule has 0 radical (unpaired) electrons. The fourth-order valence-electron chi connectivity index (χ4n) is 1.83. The smallest absolute Gasteiger partial charge is 0.0746 e. The second-order valence-corrected chi connectivity index (χ2v) is 4.37. The van der Waals surface area contributed by atoms with Gasteiger partial charge in [-0.1, -0.05) is 49.4 Å². The highest BCUT2D eigenvalue weighted by Crippen LogP contribution is 2.14. The van der Waals surface area contributed by atoms with Crippen LogP contribution in [0.5, 0.6) is 0 Å². The van der Waals surface area contributed by atoms with Crippen LogP contribution in [0.4, 0.5) is 0 Å². The van der Waals surface area contributed by atoms with Gasteiger partial charge in [0.25, 0.3) is 0 Å². The van der Waals surface area contributed by atoms with Crippen molar-refractivity contribution in [3.8, 4) is 0 Å². The summed E-state index contributed by atoms with van der Waals surface area (Å²) >= 11 is 0. The zero-order valence-corrected chi connectivity index (χ0v) is 10.3. The lowest BCUT2D eigenvalue weighted by Crippen LogP contribution is -2.14. The number of hydrogen-bond acceptors (Lipinski definition) is 1. The van der Waals surface area contributed by atoms with Crippen molar-refractivity contribution in [2.75, 3.05) is 0 Å². The molecule has 0 bridgehead atoms. The number of allylic oxidation sites excluding steroid dienone is 1. The Kier molecular flexibility index (Phi) is 5.87. The molecule has 1 nitrogen and oxygen atoms in total. The van der Waals surface area contributed by atoms with Crippen LogP contribution in [0.1, 0.15) is 32.3 Å². The molecule has 1 aromatic carbocycles. The third-order valence-corrected chi connectivity index (χ3v) is 2.94. The second-order valence-electron chi connectivity index (χ2n) is 4.37. The number of benzene rings is 1. The normalized spacial score (nSPS) is 15.2. The van der Waals surface area contributed by atoms with Gasteiger partial charge in [0, 0.05) is 0 Å². The SMILES string of the molecule is C/C=C/[C@@H](O)C(C)CCCc1ccccc1. The second kappa shape index (κ2) is 7.24. The summed E-state index contributed by atoms with van der Waals surface area (Å²) in [5.74, 6) is 0.347. The predicted molar refractivity (Wildman–Crippen MR) is 69.4 cm³/mol. The van der Waals surface area contributed by atoms with E-state index in [-0.39, 0.29) is 6.10 Å². The molecular weight excluding hydrogens is 196 g/mol. The molecule has 0 aromatic heterocycles. The lowest BCUT2D eigenvalue weighted by Gasteiger charge is -2.15. The van der Waals surface area contributed by atoms with Gasteiger partial charge < -0.3 is 5.11 Å². The van der Waals surface area contributed by atoms with E-state index in [2.05, 4.69) is 31.2 Å². The van der Waals surface area contributed by atoms with Crippen molar-refractivity contribution in [2.45, 2.75) is 39.2 Å². The maximum Gasteiger partial charge on any atom is 0.0746 e. The Hall–Kier alpha value is -1.08. The summed E-state index contributed by atoms with van der Waals surface area (Å²) in [6.45, 7) is 4.05. The summed E-state index contributed by atoms with van der Waals surface area (Å²) in [6, 6.07) is 10.5. The monoisotopic (exact) mass is 218 g/mol. The molecule has 0 amide bonds. The van der Waals surface area contributed by atoms with Crippen molar-refractivity contribution in [3.05, 3.63) is 48.0 Å². The molecule has 0 aliphatic heterocycles. The molecule has 1 aromatic rings. The van der Waals surface area contributed by atoms with Gasteiger partial charge in [-0.25, -0.2) is 0 Å². The molecule has 2 atom stereocenters. The van der Waals surface area contributed by atoms with E-state index < -0.39 is 0 Å². The van der Waals surface area contributed by atoms with E-state index in [1.165, 1.54) is 5.56 Å². The average molecular weight is 218 g/mol. The Morgan fingerprint density at radius 1 is 1.25 bits per heavy atom. The van der Waals surface area contributed by atoms with Gasteiger partial charge in [0.05, 0.1) is 6.10 Å². The summed E-state index contributed by atoms with van der Waals surface area (Å²) in [7, 11) is 0. The summed E-state index contributed by atoms with van der Waals surface area (Å²) in [5.41, 5.74) is 1.38. The fraction of sp³-hybridized carbons (Fsp3) is 0.467. The lowest BCUT2D eigenvalue weighted by molar-refractivity contribution is 0.155. The summed E-state index contributed by atoms with van der Waals surface area (Å²) in [6.07, 6.45) is 6.81. The van der Waals surface area contributed by atoms with Gasteiger partial charge in [-0.05, 0) is 37.7 Å². The maximum atomic E-state index is 9.73. The first-order valence-electron chi connectivity index (χ1n) is 6.09. The molecule has 0 saturated carbocycles. The van der Waals surface area contributed by atoms with Crippen molar-refractivity contribution in [3.63, 3.8) is 0 Å². The topological polar surface area (TPSA) is 20.2 Å². The Morgan fingerprint density at radius 3 is 2.56 bits per heavy atom. The molecule has 1 N–H and O–H groups in total. The maximum absolute atomic E-state index is 9.73. The number of aryl methyl sites for hydroxylation is 1. The highest BCUT2D eigenvalue weighted by Gasteiger charge is 2.09. The Labute approximate surface area is 98.8 Å². The minimum absolute atomic E-state index is 0.291. The first-order chi connectivity index (χ1) is 7.74. The van der Waals surface area contributed by atoms with Crippen molar-refractivity contribution >= 4 is 0 Å². The van der Waals surface area contributed by atoms with Gasteiger partial charge in [0.15, 0.2) is 0 Å². The van der Waals surface area contributed by atoms with Crippen LogP contribution in [0.15, 0.2) is 42.5 Å². The lowest BCUT2D eigenvalue weighted by atomic mass is 9.96. The molecule has 1 heteroatoms. The summed E-state index contributed by atoms with van der Waals surface area (Å²) in [4.78, 5) is 0. The fourth-order valence-corrected chi connectivity index (χ4v) is 1.83. The van der Waals surface area contributed by atoms with Gasteiger partial charge >= 0.3 is 0 Å². The van der Waals surface area contributed by atoms with Crippen LogP contribution in [0.3, 0.4) is 0 Å². The highest BCUT2D eigenvalue weighted by molar-refractivity contribution is 5.14. The van der Waals surface area contributed by atoms with E-state index in [1.54, 1.807) is 0 Å². The van der Waals surface area contributed by atoms with Crippen LogP contribution in [0, 0.1) is 5.92 Å². The molecule has 0 aliphatic carbocycles. The quantitative estimate of drug-likeness (QED) is 0.724. The number of rotatable bonds is 6. The van der Waals surface area contributed by atoms with Gasteiger partial charge in [-0.2, -0.15) is 0 Å². The number of aliphatic hydroxyl groups is 1. The molecule has 88 valence electrons. The number of hydrogen-bond donors (Lipinski definition) is 1. The molecule has 0 aliphatic rings. The average Bonchev–Trinajstić information content (AvgIpc) is 2.30. The van der Waals surface area contributed by atoms with Gasteiger partial charge in [-0.3, -0.25) is 0 Å². The largest absolute Gasteiger partial charge is 0.389 e. The van der Waals surface area contributed by atoms with E-state index in [4.69, 9.17) is 0 Å². The Morgan fingerprint density at radius 2 is 1.94 bits per heavy atom. The first-order valence-corrected chi connectivity index (χ1v) is 6.09. The zero-order chi connectivity index (χ0) is 11.8. The van der Waals surface area contributed by atoms with Crippen molar-refractivity contribution in [1.29, 1.82) is 0 Å². The standard InChI is InChI=1S/C15H22O/c1-3-8-15(16)13(2)9-7-12-14-10-5-4-6-11-14/h3-6,8,10-11,13,15-16H,7,9,12H2,1-2H3/b8-3+/t13?,15-/m1/s1. The third kappa shape index (κ3) is 4.63. The minimum atomic E-state index is -0.291. The molecule has 16 heavy (non-hydrogen) atoms. The van der Waals surface area contributed by atoms with Crippen LogP contribution in [0.25, 0.3) is 0 Å². The third-order valence-electron chi connectivity index (χ3n) is 2.94. The Balaban J connectivity index is 2.25. The van der Waals surface area contributed by atoms with Crippen molar-refractivity contribution in [1.82, 2.24) is 0 Å². The van der Waals surface area contributed by atoms with Crippen LogP contribution in [0.2, 0.25) is 0 Å². The molecule has 0 saturated heterocycles. The molecule has 1 rings (SSSR count). The van der Waals surface area contributed by atoms with Crippen molar-refractivity contribution < 1.29 is 5.11 Å².